The molecular formula is C34H64N2O2. The van der Waals surface area contributed by atoms with Gasteiger partial charge < -0.3 is 11.5 Å². The largest absolute Gasteiger partial charge is 0.370 e. The Bertz CT molecular complexity index is 535. The molecule has 0 aliphatic heterocycles. The minimum Gasteiger partial charge on any atom is -0.370 e. The Hall–Kier alpha value is -1.58. The number of carbonyl (C=O) groups excluding carboxylic acids is 2. The molecule has 4 nitrogen and oxygen atoms in total. The van der Waals surface area contributed by atoms with E-state index in [1.165, 1.54) is 128 Å². The zero-order valence-corrected chi connectivity index (χ0v) is 25.2. The van der Waals surface area contributed by atoms with E-state index in [9.17, 15) is 9.59 Å². The van der Waals surface area contributed by atoms with Gasteiger partial charge in [-0.05, 0) is 70.1 Å². The summed E-state index contributed by atoms with van der Waals surface area (Å²) in [5, 5.41) is 0. The highest BCUT2D eigenvalue weighted by Gasteiger charge is 2.02. The molecule has 0 aromatic rings. The van der Waals surface area contributed by atoms with Crippen LogP contribution in [-0.2, 0) is 9.59 Å². The minimum atomic E-state index is -0.168. The number of carbonyl (C=O) groups is 2. The fourth-order valence-electron chi connectivity index (χ4n) is 5.02. The number of amides is 2. The molecule has 0 radical (unpaired) electrons. The highest BCUT2D eigenvalue weighted by molar-refractivity contribution is 5.73. The second-order valence-corrected chi connectivity index (χ2v) is 11.6. The van der Waals surface area contributed by atoms with Gasteiger partial charge >= 0.3 is 0 Å². The second-order valence-electron chi connectivity index (χ2n) is 11.6. The minimum absolute atomic E-state index is 0.168. The fraction of sp³-hybridized carbons (Fsp3) is 0.824. The van der Waals surface area contributed by atoms with Crippen LogP contribution in [0.15, 0.2) is 24.3 Å². The lowest BCUT2D eigenvalue weighted by molar-refractivity contribution is -0.119. The second kappa shape index (κ2) is 30.0. The Kier molecular flexibility index (Phi) is 28.7. The van der Waals surface area contributed by atoms with Gasteiger partial charge in [0.25, 0.3) is 0 Å². The van der Waals surface area contributed by atoms with E-state index in [1.807, 2.05) is 0 Å². The number of nitrogens with two attached hydrogens (primary N) is 2. The maximum absolute atomic E-state index is 10.7. The van der Waals surface area contributed by atoms with Crippen LogP contribution in [0.25, 0.3) is 0 Å². The maximum atomic E-state index is 10.7. The first kappa shape index (κ1) is 36.4. The summed E-state index contributed by atoms with van der Waals surface area (Å²) < 4.78 is 0. The molecule has 4 heteroatoms. The number of allylic oxidation sites excluding steroid dienone is 4. The molecule has 0 heterocycles. The number of hydrogen-bond donors (Lipinski definition) is 2. The summed E-state index contributed by atoms with van der Waals surface area (Å²) in [5.74, 6) is 0.555. The molecule has 0 rings (SSSR count). The molecule has 0 aromatic heterocycles. The van der Waals surface area contributed by atoms with Crippen molar-refractivity contribution in [2.45, 2.75) is 174 Å². The van der Waals surface area contributed by atoms with E-state index in [2.05, 4.69) is 31.2 Å². The standard InChI is InChI=1S/C34H64N2O2/c1-32(28-24-20-16-12-8-4-2-6-10-14-18-22-26-30-33(35)37)29-25-21-17-13-9-5-3-7-11-15-19-23-27-31-34(36)38/h2-5,32H,6-31H2,1H3,(H2,35,37)(H2,36,38)/b4-2-,5-3-. The normalized spacial score (nSPS) is 11.8. The van der Waals surface area contributed by atoms with Crippen molar-refractivity contribution in [1.82, 2.24) is 0 Å². The summed E-state index contributed by atoms with van der Waals surface area (Å²) >= 11 is 0. The molecule has 4 N–H and O–H groups in total. The summed E-state index contributed by atoms with van der Waals surface area (Å²) in [5.41, 5.74) is 10.3. The van der Waals surface area contributed by atoms with Crippen LogP contribution >= 0.6 is 0 Å². The Labute approximate surface area is 236 Å². The highest BCUT2D eigenvalue weighted by atomic mass is 16.1. The third kappa shape index (κ3) is 32.4. The summed E-state index contributed by atoms with van der Waals surface area (Å²) in [6.45, 7) is 2.45. The van der Waals surface area contributed by atoms with Gasteiger partial charge in [0.05, 0.1) is 0 Å². The topological polar surface area (TPSA) is 86.2 Å². The number of rotatable bonds is 30. The quantitative estimate of drug-likeness (QED) is 0.0712. The van der Waals surface area contributed by atoms with Gasteiger partial charge in [-0.2, -0.15) is 0 Å². The number of hydrogen-bond acceptors (Lipinski definition) is 2. The van der Waals surface area contributed by atoms with Crippen molar-refractivity contribution in [1.29, 1.82) is 0 Å². The van der Waals surface area contributed by atoms with E-state index in [-0.39, 0.29) is 11.8 Å². The van der Waals surface area contributed by atoms with E-state index in [1.54, 1.807) is 0 Å². The molecule has 38 heavy (non-hydrogen) atoms. The number of unbranched alkanes of at least 4 members (excludes halogenated alkanes) is 18. The molecule has 0 fully saturated rings. The lowest BCUT2D eigenvalue weighted by Crippen LogP contribution is -2.09. The molecule has 0 aliphatic rings. The van der Waals surface area contributed by atoms with Crippen LogP contribution in [0.5, 0.6) is 0 Å². The van der Waals surface area contributed by atoms with Gasteiger partial charge in [0.1, 0.15) is 0 Å². The van der Waals surface area contributed by atoms with Crippen LogP contribution in [0, 0.1) is 5.92 Å². The van der Waals surface area contributed by atoms with Gasteiger partial charge in [0.15, 0.2) is 0 Å². The predicted octanol–water partition coefficient (Wildman–Crippen LogP) is 9.85. The molecule has 2 amide bonds. The summed E-state index contributed by atoms with van der Waals surface area (Å²) in [6, 6.07) is 0. The summed E-state index contributed by atoms with van der Waals surface area (Å²) in [7, 11) is 0. The van der Waals surface area contributed by atoms with E-state index in [0.717, 1.165) is 31.6 Å². The van der Waals surface area contributed by atoms with Crippen LogP contribution < -0.4 is 11.5 Å². The molecule has 0 atom stereocenters. The smallest absolute Gasteiger partial charge is 0.217 e. The molecule has 0 saturated carbocycles. The van der Waals surface area contributed by atoms with Gasteiger partial charge in [-0.25, -0.2) is 0 Å². The van der Waals surface area contributed by atoms with Crippen LogP contribution in [0.1, 0.15) is 174 Å². The Morgan fingerprint density at radius 3 is 1.03 bits per heavy atom. The molecule has 0 aromatic carbocycles. The van der Waals surface area contributed by atoms with E-state index in [0.29, 0.717) is 12.8 Å². The zero-order chi connectivity index (χ0) is 27.9. The lowest BCUT2D eigenvalue weighted by Gasteiger charge is -2.10. The monoisotopic (exact) mass is 532 g/mol. The van der Waals surface area contributed by atoms with Gasteiger partial charge in [0, 0.05) is 12.8 Å². The van der Waals surface area contributed by atoms with Crippen LogP contribution in [0.2, 0.25) is 0 Å². The van der Waals surface area contributed by atoms with Gasteiger partial charge in [0.2, 0.25) is 11.8 Å². The van der Waals surface area contributed by atoms with Gasteiger partial charge in [-0.15, -0.1) is 0 Å². The van der Waals surface area contributed by atoms with E-state index < -0.39 is 0 Å². The van der Waals surface area contributed by atoms with Crippen molar-refractivity contribution in [3.8, 4) is 0 Å². The van der Waals surface area contributed by atoms with Crippen LogP contribution in [0.4, 0.5) is 0 Å². The van der Waals surface area contributed by atoms with Gasteiger partial charge in [-0.1, -0.05) is 121 Å². The highest BCUT2D eigenvalue weighted by Crippen LogP contribution is 2.18. The maximum Gasteiger partial charge on any atom is 0.217 e. The molecule has 0 bridgehead atoms. The third-order valence-corrected chi connectivity index (χ3v) is 7.56. The van der Waals surface area contributed by atoms with Crippen molar-refractivity contribution < 1.29 is 9.59 Å². The lowest BCUT2D eigenvalue weighted by atomic mass is 9.96. The van der Waals surface area contributed by atoms with Crippen molar-refractivity contribution in [3.05, 3.63) is 24.3 Å². The molecule has 0 unspecified atom stereocenters. The Balaban J connectivity index is 3.27. The van der Waals surface area contributed by atoms with Crippen molar-refractivity contribution >= 4 is 11.8 Å². The third-order valence-electron chi connectivity index (χ3n) is 7.56. The SMILES string of the molecule is CC(CCCCCC/C=C\CCCCCCCC(N)=O)CCCCCC/C=C\CCCCCCCC(N)=O. The van der Waals surface area contributed by atoms with E-state index in [4.69, 9.17) is 11.5 Å². The van der Waals surface area contributed by atoms with Crippen molar-refractivity contribution in [2.75, 3.05) is 0 Å². The molecule has 222 valence electrons. The first-order valence-corrected chi connectivity index (χ1v) is 16.4. The molecule has 0 spiro atoms. The van der Waals surface area contributed by atoms with Crippen LogP contribution in [-0.4, -0.2) is 11.8 Å². The number of primary amides is 2. The fourth-order valence-corrected chi connectivity index (χ4v) is 5.02. The molecule has 0 aliphatic carbocycles. The molecular weight excluding hydrogens is 468 g/mol. The van der Waals surface area contributed by atoms with Crippen molar-refractivity contribution in [2.24, 2.45) is 17.4 Å². The van der Waals surface area contributed by atoms with Gasteiger partial charge in [-0.3, -0.25) is 9.59 Å². The first-order valence-electron chi connectivity index (χ1n) is 16.4. The summed E-state index contributed by atoms with van der Waals surface area (Å²) in [4.78, 5) is 21.4. The summed E-state index contributed by atoms with van der Waals surface area (Å²) in [6.07, 6.45) is 41.0. The average Bonchev–Trinajstić information content (AvgIpc) is 2.88. The Morgan fingerprint density at radius 2 is 0.711 bits per heavy atom. The van der Waals surface area contributed by atoms with Crippen molar-refractivity contribution in [3.63, 3.8) is 0 Å². The Morgan fingerprint density at radius 1 is 0.447 bits per heavy atom. The van der Waals surface area contributed by atoms with Crippen LogP contribution in [0.3, 0.4) is 0 Å². The predicted molar refractivity (Wildman–Crippen MR) is 166 cm³/mol. The first-order chi connectivity index (χ1) is 18.5. The zero-order valence-electron chi connectivity index (χ0n) is 25.2. The average molecular weight is 533 g/mol. The molecule has 0 saturated heterocycles. The van der Waals surface area contributed by atoms with E-state index >= 15 is 0 Å².